The van der Waals surface area contributed by atoms with E-state index < -0.39 is 0 Å². The summed E-state index contributed by atoms with van der Waals surface area (Å²) >= 11 is 0. The van der Waals surface area contributed by atoms with Gasteiger partial charge < -0.3 is 10.8 Å². The molecular weight excluding hydrogens is 190 g/mol. The van der Waals surface area contributed by atoms with E-state index in [1.54, 1.807) is 0 Å². The van der Waals surface area contributed by atoms with Crippen LogP contribution in [0.2, 0.25) is 0 Å². The molecule has 4 nitrogen and oxygen atoms in total. The molecule has 4 N–H and O–H groups in total. The zero-order valence-electron chi connectivity index (χ0n) is 9.74. The number of likely N-dealkylation sites (tertiary alicyclic amines) is 1. The maximum Gasteiger partial charge on any atom is 0.108 e. The van der Waals surface area contributed by atoms with Gasteiger partial charge in [0.2, 0.25) is 0 Å². The lowest BCUT2D eigenvalue weighted by Crippen LogP contribution is -2.48. The van der Waals surface area contributed by atoms with E-state index >= 15 is 0 Å². The topological polar surface area (TPSA) is 73.3 Å². The number of aliphatic hydroxyl groups excluding tert-OH is 1. The molecule has 2 unspecified atom stereocenters. The normalized spacial score (nSPS) is 23.7. The molecule has 4 heteroatoms. The Labute approximate surface area is 92.0 Å². The summed E-state index contributed by atoms with van der Waals surface area (Å²) in [6, 6.07) is 0.0972. The number of hydrogen-bond acceptors (Lipinski definition) is 3. The molecule has 0 radical (unpaired) electrons. The Morgan fingerprint density at radius 1 is 1.53 bits per heavy atom. The molecule has 0 saturated carbocycles. The van der Waals surface area contributed by atoms with Crippen LogP contribution in [-0.4, -0.2) is 41.1 Å². The van der Waals surface area contributed by atoms with Gasteiger partial charge in [-0.1, -0.05) is 6.92 Å². The Kier molecular flexibility index (Phi) is 4.54. The highest BCUT2D eigenvalue weighted by Gasteiger charge is 2.27. The summed E-state index contributed by atoms with van der Waals surface area (Å²) in [6.45, 7) is 5.83. The highest BCUT2D eigenvalue weighted by Crippen LogP contribution is 2.22. The molecule has 2 atom stereocenters. The first-order valence-electron chi connectivity index (χ1n) is 5.82. The van der Waals surface area contributed by atoms with Gasteiger partial charge in [-0.3, -0.25) is 10.3 Å². The largest absolute Gasteiger partial charge is 0.393 e. The maximum absolute atomic E-state index is 9.48. The number of nitrogens with zero attached hydrogens (tertiary/aromatic N) is 1. The van der Waals surface area contributed by atoms with Crippen LogP contribution in [0.5, 0.6) is 0 Å². The van der Waals surface area contributed by atoms with Crippen LogP contribution in [0.4, 0.5) is 0 Å². The Balaban J connectivity index is 2.45. The van der Waals surface area contributed by atoms with Crippen LogP contribution in [0.15, 0.2) is 0 Å². The highest BCUT2D eigenvalue weighted by atomic mass is 16.3. The van der Waals surface area contributed by atoms with Crippen LogP contribution in [-0.2, 0) is 0 Å². The van der Waals surface area contributed by atoms with E-state index in [4.69, 9.17) is 11.1 Å². The van der Waals surface area contributed by atoms with Gasteiger partial charge in [0, 0.05) is 0 Å². The molecule has 1 fully saturated rings. The van der Waals surface area contributed by atoms with E-state index in [1.165, 1.54) is 0 Å². The van der Waals surface area contributed by atoms with Crippen LogP contribution >= 0.6 is 0 Å². The quantitative estimate of drug-likeness (QED) is 0.477. The standard InChI is InChI=1S/C11H23N3O/c1-3-10(11(12)13)14-6-4-9(5-7-14)8(2)15/h8-10,15H,3-7H2,1-2H3,(H3,12,13). The van der Waals surface area contributed by atoms with Gasteiger partial charge >= 0.3 is 0 Å². The summed E-state index contributed by atoms with van der Waals surface area (Å²) in [5, 5.41) is 17.0. The van der Waals surface area contributed by atoms with E-state index in [9.17, 15) is 5.11 Å². The van der Waals surface area contributed by atoms with Crippen molar-refractivity contribution in [3.8, 4) is 0 Å². The molecule has 0 aromatic carbocycles. The molecule has 0 aliphatic carbocycles. The Morgan fingerprint density at radius 3 is 2.40 bits per heavy atom. The third kappa shape index (κ3) is 3.18. The van der Waals surface area contributed by atoms with E-state index in [0.29, 0.717) is 5.92 Å². The van der Waals surface area contributed by atoms with Crippen molar-refractivity contribution >= 4 is 5.84 Å². The molecule has 88 valence electrons. The predicted octanol–water partition coefficient (Wildman–Crippen LogP) is 0.794. The second-order valence-electron chi connectivity index (χ2n) is 4.49. The van der Waals surface area contributed by atoms with Crippen LogP contribution in [0.3, 0.4) is 0 Å². The number of rotatable bonds is 4. The molecular formula is C11H23N3O. The number of piperidine rings is 1. The summed E-state index contributed by atoms with van der Waals surface area (Å²) in [5.74, 6) is 0.693. The van der Waals surface area contributed by atoms with Gasteiger partial charge in [-0.15, -0.1) is 0 Å². The second-order valence-corrected chi connectivity index (χ2v) is 4.49. The average molecular weight is 213 g/mol. The van der Waals surface area contributed by atoms with Crippen molar-refractivity contribution in [2.24, 2.45) is 11.7 Å². The van der Waals surface area contributed by atoms with E-state index in [2.05, 4.69) is 11.8 Å². The average Bonchev–Trinajstić information content (AvgIpc) is 2.19. The predicted molar refractivity (Wildman–Crippen MR) is 62.0 cm³/mol. The molecule has 0 aromatic rings. The fourth-order valence-corrected chi connectivity index (χ4v) is 2.39. The monoisotopic (exact) mass is 213 g/mol. The zero-order valence-corrected chi connectivity index (χ0v) is 9.74. The molecule has 15 heavy (non-hydrogen) atoms. The van der Waals surface area contributed by atoms with E-state index in [1.807, 2.05) is 6.92 Å². The lowest BCUT2D eigenvalue weighted by atomic mass is 9.91. The van der Waals surface area contributed by atoms with Gasteiger partial charge in [-0.05, 0) is 45.2 Å². The Bertz CT molecular complexity index is 210. The molecule has 1 rings (SSSR count). The molecule has 1 heterocycles. The van der Waals surface area contributed by atoms with Gasteiger partial charge in [-0.2, -0.15) is 0 Å². The van der Waals surface area contributed by atoms with Crippen LogP contribution < -0.4 is 5.73 Å². The third-order valence-corrected chi connectivity index (χ3v) is 3.44. The van der Waals surface area contributed by atoms with Crippen LogP contribution in [0.25, 0.3) is 0 Å². The van der Waals surface area contributed by atoms with Gasteiger partial charge in [0.15, 0.2) is 0 Å². The molecule has 0 amide bonds. The fraction of sp³-hybridized carbons (Fsp3) is 0.909. The molecule has 0 aromatic heterocycles. The molecule has 1 saturated heterocycles. The number of nitrogens with one attached hydrogen (secondary N) is 1. The summed E-state index contributed by atoms with van der Waals surface area (Å²) in [6.07, 6.45) is 2.72. The van der Waals surface area contributed by atoms with Crippen molar-refractivity contribution in [3.63, 3.8) is 0 Å². The first kappa shape index (κ1) is 12.5. The second kappa shape index (κ2) is 5.47. The number of nitrogens with two attached hydrogens (primary N) is 1. The lowest BCUT2D eigenvalue weighted by Gasteiger charge is -2.37. The SMILES string of the molecule is CCC(C(=N)N)N1CCC(C(C)O)CC1. The number of hydrogen-bond donors (Lipinski definition) is 3. The molecule has 0 bridgehead atoms. The number of aliphatic hydroxyl groups is 1. The minimum Gasteiger partial charge on any atom is -0.393 e. The summed E-state index contributed by atoms with van der Waals surface area (Å²) in [5.41, 5.74) is 5.56. The van der Waals surface area contributed by atoms with Crippen molar-refractivity contribution in [1.29, 1.82) is 5.41 Å². The summed E-state index contributed by atoms with van der Waals surface area (Å²) in [4.78, 5) is 2.27. The smallest absolute Gasteiger partial charge is 0.108 e. The van der Waals surface area contributed by atoms with E-state index in [-0.39, 0.29) is 18.0 Å². The van der Waals surface area contributed by atoms with Crippen LogP contribution in [0, 0.1) is 11.3 Å². The molecule has 1 aliphatic heterocycles. The number of amidine groups is 1. The Morgan fingerprint density at radius 2 is 2.07 bits per heavy atom. The van der Waals surface area contributed by atoms with Crippen molar-refractivity contribution in [2.75, 3.05) is 13.1 Å². The lowest BCUT2D eigenvalue weighted by molar-refractivity contribution is 0.0649. The summed E-state index contributed by atoms with van der Waals surface area (Å²) < 4.78 is 0. The molecule has 0 spiro atoms. The van der Waals surface area contributed by atoms with Crippen molar-refractivity contribution < 1.29 is 5.11 Å². The first-order chi connectivity index (χ1) is 7.06. The van der Waals surface area contributed by atoms with Crippen molar-refractivity contribution in [2.45, 2.75) is 45.3 Å². The highest BCUT2D eigenvalue weighted by molar-refractivity contribution is 5.82. The van der Waals surface area contributed by atoms with Crippen LogP contribution in [0.1, 0.15) is 33.1 Å². The van der Waals surface area contributed by atoms with Crippen molar-refractivity contribution in [1.82, 2.24) is 4.90 Å². The van der Waals surface area contributed by atoms with Gasteiger partial charge in [0.25, 0.3) is 0 Å². The first-order valence-corrected chi connectivity index (χ1v) is 5.82. The Hall–Kier alpha value is -0.610. The van der Waals surface area contributed by atoms with Gasteiger partial charge in [0.1, 0.15) is 5.84 Å². The minimum atomic E-state index is -0.204. The minimum absolute atomic E-state index is 0.0972. The van der Waals surface area contributed by atoms with Crippen molar-refractivity contribution in [3.05, 3.63) is 0 Å². The van der Waals surface area contributed by atoms with Gasteiger partial charge in [-0.25, -0.2) is 0 Å². The van der Waals surface area contributed by atoms with E-state index in [0.717, 1.165) is 32.4 Å². The fourth-order valence-electron chi connectivity index (χ4n) is 2.39. The third-order valence-electron chi connectivity index (χ3n) is 3.44. The summed E-state index contributed by atoms with van der Waals surface area (Å²) in [7, 11) is 0. The maximum atomic E-state index is 9.48. The van der Waals surface area contributed by atoms with Gasteiger partial charge in [0.05, 0.1) is 12.1 Å². The molecule has 1 aliphatic rings. The zero-order chi connectivity index (χ0) is 11.4.